The highest BCUT2D eigenvalue weighted by Crippen LogP contribution is 2.26. The molecule has 0 aliphatic carbocycles. The molecule has 116 valence electrons. The first-order chi connectivity index (χ1) is 10.2. The number of anilines is 1. The molecule has 8 heteroatoms. The number of halogens is 2. The predicted molar refractivity (Wildman–Crippen MR) is 76.9 cm³/mol. The van der Waals surface area contributed by atoms with Gasteiger partial charge in [-0.15, -0.1) is 0 Å². The number of hydrogen-bond donors (Lipinski definition) is 1. The summed E-state index contributed by atoms with van der Waals surface area (Å²) in [6, 6.07) is 9.12. The van der Waals surface area contributed by atoms with E-state index in [-0.39, 0.29) is 5.69 Å². The van der Waals surface area contributed by atoms with E-state index in [0.29, 0.717) is 6.07 Å². The summed E-state index contributed by atoms with van der Waals surface area (Å²) in [4.78, 5) is 10.2. The van der Waals surface area contributed by atoms with Crippen LogP contribution in [-0.4, -0.2) is 21.4 Å². The molecular weight excluding hydrogens is 314 g/mol. The Bertz CT molecular complexity index is 823. The Morgan fingerprint density at radius 3 is 2.27 bits per heavy atom. The molecule has 0 aliphatic rings. The van der Waals surface area contributed by atoms with Gasteiger partial charge in [-0.1, -0.05) is 18.2 Å². The first kappa shape index (κ1) is 15.9. The number of carbonyl (C=O) groups excluding carboxylic acids is 1. The Morgan fingerprint density at radius 1 is 1.14 bits per heavy atom. The van der Waals surface area contributed by atoms with E-state index in [0.717, 1.165) is 10.4 Å². The number of hydrogen-bond acceptors (Lipinski definition) is 3. The highest BCUT2D eigenvalue weighted by atomic mass is 32.2. The second-order valence-corrected chi connectivity index (χ2v) is 6.38. The van der Waals surface area contributed by atoms with E-state index in [1.54, 1.807) is 18.2 Å². The van der Waals surface area contributed by atoms with E-state index in [9.17, 15) is 22.0 Å². The van der Waals surface area contributed by atoms with E-state index >= 15 is 0 Å². The van der Waals surface area contributed by atoms with Crippen LogP contribution in [-0.2, 0) is 10.0 Å². The lowest BCUT2D eigenvalue weighted by Gasteiger charge is -2.20. The van der Waals surface area contributed by atoms with Crippen LogP contribution in [0.2, 0.25) is 0 Å². The van der Waals surface area contributed by atoms with E-state index in [4.69, 9.17) is 5.73 Å². The van der Waals surface area contributed by atoms with Crippen LogP contribution in [0.4, 0.5) is 14.5 Å². The fraction of sp³-hybridized carbons (Fsp3) is 0.0714. The lowest BCUT2D eigenvalue weighted by molar-refractivity contribution is 0.0999. The largest absolute Gasteiger partial charge is 0.366 e. The van der Waals surface area contributed by atoms with Crippen molar-refractivity contribution >= 4 is 21.6 Å². The quantitative estimate of drug-likeness (QED) is 0.931. The molecule has 0 bridgehead atoms. The average molecular weight is 326 g/mol. The van der Waals surface area contributed by atoms with Gasteiger partial charge in [0, 0.05) is 12.6 Å². The van der Waals surface area contributed by atoms with Gasteiger partial charge in [-0.25, -0.2) is 17.2 Å². The molecule has 2 rings (SSSR count). The molecule has 0 aliphatic heterocycles. The van der Waals surface area contributed by atoms with E-state index in [2.05, 4.69) is 0 Å². The number of nitrogens with zero attached hydrogens (tertiary/aromatic N) is 1. The van der Waals surface area contributed by atoms with Crippen molar-refractivity contribution in [2.24, 2.45) is 5.73 Å². The van der Waals surface area contributed by atoms with Crippen LogP contribution >= 0.6 is 0 Å². The van der Waals surface area contributed by atoms with Crippen LogP contribution < -0.4 is 10.0 Å². The van der Waals surface area contributed by atoms with Crippen molar-refractivity contribution in [2.75, 3.05) is 11.4 Å². The Morgan fingerprint density at radius 2 is 1.73 bits per heavy atom. The van der Waals surface area contributed by atoms with Crippen molar-refractivity contribution in [1.82, 2.24) is 0 Å². The summed E-state index contributed by atoms with van der Waals surface area (Å²) in [6.45, 7) is 0. The number of benzene rings is 2. The number of carbonyl (C=O) groups is 1. The molecule has 5 nitrogen and oxygen atoms in total. The Hall–Kier alpha value is -2.48. The molecule has 0 aromatic heterocycles. The lowest BCUT2D eigenvalue weighted by atomic mass is 10.2. The molecule has 2 aromatic carbocycles. The fourth-order valence-corrected chi connectivity index (χ4v) is 3.11. The van der Waals surface area contributed by atoms with Crippen molar-refractivity contribution < 1.29 is 22.0 Å². The van der Waals surface area contributed by atoms with Gasteiger partial charge in [-0.2, -0.15) is 0 Å². The third-order valence-electron chi connectivity index (χ3n) is 3.04. The normalized spacial score (nSPS) is 11.2. The minimum Gasteiger partial charge on any atom is -0.366 e. The Kier molecular flexibility index (Phi) is 4.14. The minimum absolute atomic E-state index is 0.256. The number of amides is 1. The zero-order valence-electron chi connectivity index (χ0n) is 11.5. The molecule has 2 aromatic rings. The molecule has 0 saturated carbocycles. The van der Waals surface area contributed by atoms with Gasteiger partial charge in [0.05, 0.1) is 5.69 Å². The summed E-state index contributed by atoms with van der Waals surface area (Å²) in [5.41, 5.74) is 4.82. The predicted octanol–water partition coefficient (Wildman–Crippen LogP) is 1.89. The van der Waals surface area contributed by atoms with Gasteiger partial charge in [0.25, 0.3) is 10.0 Å². The van der Waals surface area contributed by atoms with Gasteiger partial charge in [-0.05, 0) is 24.3 Å². The number of nitrogens with two attached hydrogens (primary N) is 1. The standard InChI is InChI=1S/C14H12F2N2O3S/c1-18(10-5-3-2-4-6-10)22(20,21)12-8-9(14(17)19)7-11(15)13(12)16/h2-8H,1H3,(H2,17,19). The molecule has 0 saturated heterocycles. The van der Waals surface area contributed by atoms with Crippen LogP contribution in [0.1, 0.15) is 10.4 Å². The molecule has 0 spiro atoms. The summed E-state index contributed by atoms with van der Waals surface area (Å²) in [5.74, 6) is -4.08. The molecule has 22 heavy (non-hydrogen) atoms. The van der Waals surface area contributed by atoms with Gasteiger partial charge in [-0.3, -0.25) is 9.10 Å². The van der Waals surface area contributed by atoms with Gasteiger partial charge in [0.2, 0.25) is 5.91 Å². The van der Waals surface area contributed by atoms with Crippen molar-refractivity contribution in [3.05, 3.63) is 59.7 Å². The van der Waals surface area contributed by atoms with Crippen LogP contribution in [0, 0.1) is 11.6 Å². The third-order valence-corrected chi connectivity index (χ3v) is 4.82. The highest BCUT2D eigenvalue weighted by Gasteiger charge is 2.28. The maximum atomic E-state index is 13.9. The average Bonchev–Trinajstić information content (AvgIpc) is 2.49. The summed E-state index contributed by atoms with van der Waals surface area (Å²) < 4.78 is 53.1. The van der Waals surface area contributed by atoms with Crippen molar-refractivity contribution in [1.29, 1.82) is 0 Å². The highest BCUT2D eigenvalue weighted by molar-refractivity contribution is 7.92. The van der Waals surface area contributed by atoms with Crippen molar-refractivity contribution in [3.8, 4) is 0 Å². The summed E-state index contributed by atoms with van der Waals surface area (Å²) in [5, 5.41) is 0. The zero-order valence-corrected chi connectivity index (χ0v) is 12.3. The first-order valence-electron chi connectivity index (χ1n) is 6.08. The van der Waals surface area contributed by atoms with Crippen molar-refractivity contribution in [3.63, 3.8) is 0 Å². The third kappa shape index (κ3) is 2.77. The molecule has 2 N–H and O–H groups in total. The first-order valence-corrected chi connectivity index (χ1v) is 7.52. The number of para-hydroxylation sites is 1. The number of primary amides is 1. The smallest absolute Gasteiger partial charge is 0.267 e. The Labute approximate surface area is 126 Å². The van der Waals surface area contributed by atoms with Gasteiger partial charge >= 0.3 is 0 Å². The SMILES string of the molecule is CN(c1ccccc1)S(=O)(=O)c1cc(C(N)=O)cc(F)c1F. The molecule has 0 unspecified atom stereocenters. The van der Waals surface area contributed by atoms with Gasteiger partial charge in [0.1, 0.15) is 4.90 Å². The van der Waals surface area contributed by atoms with E-state index < -0.39 is 38.0 Å². The Balaban J connectivity index is 2.61. The maximum absolute atomic E-state index is 13.9. The summed E-state index contributed by atoms with van der Waals surface area (Å²) >= 11 is 0. The topological polar surface area (TPSA) is 80.5 Å². The fourth-order valence-electron chi connectivity index (χ4n) is 1.82. The molecule has 0 fully saturated rings. The second-order valence-electron chi connectivity index (χ2n) is 4.44. The molecule has 0 atom stereocenters. The molecule has 0 heterocycles. The molecular formula is C14H12F2N2O3S. The number of sulfonamides is 1. The second kappa shape index (κ2) is 5.72. The monoisotopic (exact) mass is 326 g/mol. The summed E-state index contributed by atoms with van der Waals surface area (Å²) in [6.07, 6.45) is 0. The van der Waals surface area contributed by atoms with E-state index in [1.165, 1.54) is 19.2 Å². The van der Waals surface area contributed by atoms with Gasteiger partial charge in [0.15, 0.2) is 11.6 Å². The molecule has 1 amide bonds. The molecule has 0 radical (unpaired) electrons. The number of rotatable bonds is 4. The van der Waals surface area contributed by atoms with Crippen molar-refractivity contribution in [2.45, 2.75) is 4.90 Å². The van der Waals surface area contributed by atoms with Crippen LogP contribution in [0.15, 0.2) is 47.4 Å². The maximum Gasteiger partial charge on any atom is 0.267 e. The minimum atomic E-state index is -4.39. The van der Waals surface area contributed by atoms with Crippen LogP contribution in [0.5, 0.6) is 0 Å². The van der Waals surface area contributed by atoms with Crippen LogP contribution in [0.25, 0.3) is 0 Å². The van der Waals surface area contributed by atoms with E-state index in [1.807, 2.05) is 0 Å². The van der Waals surface area contributed by atoms with Crippen LogP contribution in [0.3, 0.4) is 0 Å². The lowest BCUT2D eigenvalue weighted by Crippen LogP contribution is -2.28. The summed E-state index contributed by atoms with van der Waals surface area (Å²) in [7, 11) is -3.20. The zero-order chi connectivity index (χ0) is 16.5. The van der Waals surface area contributed by atoms with Gasteiger partial charge < -0.3 is 5.73 Å².